The Kier molecular flexibility index (Phi) is 5.12. The molecule has 1 rings (SSSR count). The molecule has 0 radical (unpaired) electrons. The van der Waals surface area contributed by atoms with E-state index in [0.717, 1.165) is 12.8 Å². The second-order valence-electron chi connectivity index (χ2n) is 3.76. The number of amides is 1. The summed E-state index contributed by atoms with van der Waals surface area (Å²) < 4.78 is 0. The van der Waals surface area contributed by atoms with Crippen molar-refractivity contribution in [2.24, 2.45) is 5.92 Å². The first-order chi connectivity index (χ1) is 7.63. The van der Waals surface area contributed by atoms with Gasteiger partial charge in [-0.3, -0.25) is 9.59 Å². The molecule has 0 aromatic heterocycles. The lowest BCUT2D eigenvalue weighted by molar-refractivity contribution is -0.137. The zero-order valence-corrected chi connectivity index (χ0v) is 9.63. The van der Waals surface area contributed by atoms with E-state index in [-0.39, 0.29) is 29.9 Å². The summed E-state index contributed by atoms with van der Waals surface area (Å²) in [6.07, 6.45) is 1.96. The van der Waals surface area contributed by atoms with Crippen molar-refractivity contribution in [3.8, 4) is 6.07 Å². The second kappa shape index (κ2) is 6.38. The van der Waals surface area contributed by atoms with Gasteiger partial charge in [-0.15, -0.1) is 11.8 Å². The maximum absolute atomic E-state index is 11.4. The SMILES string of the molecule is N#CCSCC(=O)NC(CC(=O)O)C1CC1. The largest absolute Gasteiger partial charge is 0.481 e. The van der Waals surface area contributed by atoms with Crippen LogP contribution in [0, 0.1) is 17.2 Å². The summed E-state index contributed by atoms with van der Waals surface area (Å²) >= 11 is 1.23. The predicted molar refractivity (Wildman–Crippen MR) is 59.8 cm³/mol. The molecule has 1 saturated carbocycles. The van der Waals surface area contributed by atoms with E-state index in [1.807, 2.05) is 6.07 Å². The highest BCUT2D eigenvalue weighted by Crippen LogP contribution is 2.34. The number of carbonyl (C=O) groups is 2. The Hall–Kier alpha value is -1.22. The summed E-state index contributed by atoms with van der Waals surface area (Å²) in [5.41, 5.74) is 0. The van der Waals surface area contributed by atoms with Gasteiger partial charge in [-0.2, -0.15) is 5.26 Å². The molecule has 1 aliphatic rings. The summed E-state index contributed by atoms with van der Waals surface area (Å²) in [5, 5.41) is 19.7. The Balaban J connectivity index is 2.28. The Labute approximate surface area is 98.2 Å². The Morgan fingerprint density at radius 3 is 2.75 bits per heavy atom. The molecule has 6 heteroatoms. The molecular weight excluding hydrogens is 228 g/mol. The van der Waals surface area contributed by atoms with Crippen LogP contribution in [-0.2, 0) is 9.59 Å². The predicted octanol–water partition coefficient (Wildman–Crippen LogP) is 0.613. The average molecular weight is 242 g/mol. The molecule has 1 atom stereocenters. The van der Waals surface area contributed by atoms with E-state index in [0.29, 0.717) is 5.92 Å². The minimum absolute atomic E-state index is 0.0146. The number of aliphatic carboxylic acids is 1. The first-order valence-corrected chi connectivity index (χ1v) is 6.24. The molecule has 1 amide bonds. The molecule has 1 aliphatic carbocycles. The smallest absolute Gasteiger partial charge is 0.305 e. The van der Waals surface area contributed by atoms with E-state index in [4.69, 9.17) is 10.4 Å². The van der Waals surface area contributed by atoms with Gasteiger partial charge in [0.05, 0.1) is 24.0 Å². The minimum atomic E-state index is -0.887. The Bertz CT molecular complexity index is 310. The van der Waals surface area contributed by atoms with Gasteiger partial charge in [0.15, 0.2) is 0 Å². The lowest BCUT2D eigenvalue weighted by atomic mass is 10.1. The topological polar surface area (TPSA) is 90.2 Å². The van der Waals surface area contributed by atoms with Crippen LogP contribution in [-0.4, -0.2) is 34.5 Å². The quantitative estimate of drug-likeness (QED) is 0.638. The van der Waals surface area contributed by atoms with Crippen LogP contribution in [0.1, 0.15) is 19.3 Å². The molecule has 1 unspecified atom stereocenters. The van der Waals surface area contributed by atoms with Gasteiger partial charge >= 0.3 is 5.97 Å². The molecule has 0 aromatic rings. The molecule has 0 saturated heterocycles. The van der Waals surface area contributed by atoms with E-state index < -0.39 is 5.97 Å². The van der Waals surface area contributed by atoms with Crippen LogP contribution >= 0.6 is 11.8 Å². The number of nitrogens with one attached hydrogen (secondary N) is 1. The van der Waals surface area contributed by atoms with Gasteiger partial charge in [0, 0.05) is 6.04 Å². The van der Waals surface area contributed by atoms with Crippen molar-refractivity contribution < 1.29 is 14.7 Å². The van der Waals surface area contributed by atoms with Crippen LogP contribution < -0.4 is 5.32 Å². The molecular formula is C10H14N2O3S. The normalized spacial score (nSPS) is 16.2. The first kappa shape index (κ1) is 12.8. The van der Waals surface area contributed by atoms with E-state index in [1.165, 1.54) is 11.8 Å². The molecule has 5 nitrogen and oxygen atoms in total. The number of hydrogen-bond acceptors (Lipinski definition) is 4. The Morgan fingerprint density at radius 2 is 2.25 bits per heavy atom. The zero-order chi connectivity index (χ0) is 12.0. The molecule has 0 aliphatic heterocycles. The number of hydrogen-bond donors (Lipinski definition) is 2. The fraction of sp³-hybridized carbons (Fsp3) is 0.700. The van der Waals surface area contributed by atoms with Gasteiger partial charge in [0.1, 0.15) is 0 Å². The summed E-state index contributed by atoms with van der Waals surface area (Å²) in [7, 11) is 0. The van der Waals surface area contributed by atoms with Gasteiger partial charge in [0.25, 0.3) is 0 Å². The highest BCUT2D eigenvalue weighted by atomic mass is 32.2. The minimum Gasteiger partial charge on any atom is -0.481 e. The van der Waals surface area contributed by atoms with Gasteiger partial charge in [-0.05, 0) is 18.8 Å². The molecule has 0 spiro atoms. The number of thioether (sulfide) groups is 1. The fourth-order valence-electron chi connectivity index (χ4n) is 1.46. The standard InChI is InChI=1S/C10H14N2O3S/c11-3-4-16-6-9(13)12-8(5-10(14)15)7-1-2-7/h7-8H,1-2,4-6H2,(H,12,13)(H,14,15). The summed E-state index contributed by atoms with van der Waals surface area (Å²) in [5.74, 6) is -0.252. The Morgan fingerprint density at radius 1 is 1.56 bits per heavy atom. The third-order valence-electron chi connectivity index (χ3n) is 2.33. The van der Waals surface area contributed by atoms with Gasteiger partial charge in [-0.25, -0.2) is 0 Å². The van der Waals surface area contributed by atoms with Crippen LogP contribution in [0.4, 0.5) is 0 Å². The van der Waals surface area contributed by atoms with Crippen LogP contribution in [0.5, 0.6) is 0 Å². The van der Waals surface area contributed by atoms with Crippen molar-refractivity contribution >= 4 is 23.6 Å². The summed E-state index contributed by atoms with van der Waals surface area (Å²) in [4.78, 5) is 22.0. The maximum atomic E-state index is 11.4. The molecule has 0 bridgehead atoms. The monoisotopic (exact) mass is 242 g/mol. The molecule has 2 N–H and O–H groups in total. The van der Waals surface area contributed by atoms with E-state index in [2.05, 4.69) is 5.32 Å². The average Bonchev–Trinajstić information content (AvgIpc) is 2.99. The highest BCUT2D eigenvalue weighted by Gasteiger charge is 2.33. The van der Waals surface area contributed by atoms with Gasteiger partial charge in [0.2, 0.25) is 5.91 Å². The number of carbonyl (C=O) groups excluding carboxylic acids is 1. The number of nitrogens with zero attached hydrogens (tertiary/aromatic N) is 1. The molecule has 16 heavy (non-hydrogen) atoms. The van der Waals surface area contributed by atoms with Crippen LogP contribution in [0.3, 0.4) is 0 Å². The van der Waals surface area contributed by atoms with Crippen molar-refractivity contribution in [3.05, 3.63) is 0 Å². The summed E-state index contributed by atoms with van der Waals surface area (Å²) in [6, 6.07) is 1.69. The van der Waals surface area contributed by atoms with Crippen molar-refractivity contribution in [1.82, 2.24) is 5.32 Å². The van der Waals surface area contributed by atoms with Crippen molar-refractivity contribution in [1.29, 1.82) is 5.26 Å². The van der Waals surface area contributed by atoms with Crippen LogP contribution in [0.2, 0.25) is 0 Å². The molecule has 0 heterocycles. The lowest BCUT2D eigenvalue weighted by Gasteiger charge is -2.15. The van der Waals surface area contributed by atoms with Crippen molar-refractivity contribution in [2.75, 3.05) is 11.5 Å². The number of carboxylic acids is 1. The molecule has 88 valence electrons. The first-order valence-electron chi connectivity index (χ1n) is 5.09. The van der Waals surface area contributed by atoms with E-state index in [9.17, 15) is 9.59 Å². The third kappa shape index (κ3) is 5.03. The fourth-order valence-corrected chi connectivity index (χ4v) is 1.92. The molecule has 1 fully saturated rings. The summed E-state index contributed by atoms with van der Waals surface area (Å²) in [6.45, 7) is 0. The highest BCUT2D eigenvalue weighted by molar-refractivity contribution is 8.00. The maximum Gasteiger partial charge on any atom is 0.305 e. The number of carboxylic acid groups (broad SMARTS) is 1. The third-order valence-corrected chi connectivity index (χ3v) is 3.13. The van der Waals surface area contributed by atoms with E-state index in [1.54, 1.807) is 0 Å². The second-order valence-corrected chi connectivity index (χ2v) is 4.75. The van der Waals surface area contributed by atoms with Crippen LogP contribution in [0.15, 0.2) is 0 Å². The van der Waals surface area contributed by atoms with Gasteiger partial charge in [-0.1, -0.05) is 0 Å². The van der Waals surface area contributed by atoms with Crippen molar-refractivity contribution in [3.63, 3.8) is 0 Å². The lowest BCUT2D eigenvalue weighted by Crippen LogP contribution is -2.39. The van der Waals surface area contributed by atoms with Gasteiger partial charge < -0.3 is 10.4 Å². The number of rotatable bonds is 7. The van der Waals surface area contributed by atoms with Crippen LogP contribution in [0.25, 0.3) is 0 Å². The van der Waals surface area contributed by atoms with E-state index >= 15 is 0 Å². The number of nitriles is 1. The molecule has 0 aromatic carbocycles. The van der Waals surface area contributed by atoms with Crippen molar-refractivity contribution in [2.45, 2.75) is 25.3 Å². The zero-order valence-electron chi connectivity index (χ0n) is 8.81.